The fourth-order valence-corrected chi connectivity index (χ4v) is 2.81. The van der Waals surface area contributed by atoms with Gasteiger partial charge in [-0.05, 0) is 26.3 Å². The molecule has 1 heterocycles. The maximum atomic E-state index is 3.43. The van der Waals surface area contributed by atoms with Crippen molar-refractivity contribution in [1.29, 1.82) is 0 Å². The Morgan fingerprint density at radius 3 is 2.71 bits per heavy atom. The van der Waals surface area contributed by atoms with Crippen molar-refractivity contribution in [3.8, 4) is 0 Å². The van der Waals surface area contributed by atoms with Crippen LogP contribution in [0.25, 0.3) is 0 Å². The molecule has 1 aliphatic heterocycles. The first kappa shape index (κ1) is 10.4. The van der Waals surface area contributed by atoms with E-state index in [2.05, 4.69) is 22.6 Å². The van der Waals surface area contributed by atoms with Gasteiger partial charge in [0, 0.05) is 38.3 Å². The Labute approximate surface area is 87.2 Å². The number of rotatable bonds is 2. The van der Waals surface area contributed by atoms with E-state index in [0.29, 0.717) is 0 Å². The van der Waals surface area contributed by atoms with Crippen LogP contribution in [0.15, 0.2) is 0 Å². The van der Waals surface area contributed by atoms with Crippen LogP contribution in [0.5, 0.6) is 0 Å². The van der Waals surface area contributed by atoms with Crippen molar-refractivity contribution in [2.24, 2.45) is 0 Å². The number of hydrogen-bond acceptors (Lipinski definition) is 3. The summed E-state index contributed by atoms with van der Waals surface area (Å²) in [4.78, 5) is 2.68. The number of hydrogen-bond donors (Lipinski definition) is 2. The topological polar surface area (TPSA) is 27.3 Å². The van der Waals surface area contributed by atoms with E-state index in [1.165, 1.54) is 51.9 Å². The summed E-state index contributed by atoms with van der Waals surface area (Å²) in [6.45, 7) is 4.86. The minimum absolute atomic E-state index is 0.767. The molecular weight excluding hydrogens is 174 g/mol. The summed E-state index contributed by atoms with van der Waals surface area (Å²) < 4.78 is 0. The molecule has 0 radical (unpaired) electrons. The van der Waals surface area contributed by atoms with Gasteiger partial charge in [0.15, 0.2) is 0 Å². The van der Waals surface area contributed by atoms with Gasteiger partial charge in [-0.25, -0.2) is 0 Å². The summed E-state index contributed by atoms with van der Waals surface area (Å²) in [6.07, 6.45) is 5.55. The summed E-state index contributed by atoms with van der Waals surface area (Å²) in [6, 6.07) is 1.62. The second-order valence-corrected chi connectivity index (χ2v) is 4.59. The van der Waals surface area contributed by atoms with Crippen molar-refractivity contribution in [1.82, 2.24) is 15.5 Å². The summed E-state index contributed by atoms with van der Waals surface area (Å²) in [7, 11) is 2.10. The molecule has 0 aromatic heterocycles. The molecule has 0 amide bonds. The highest BCUT2D eigenvalue weighted by atomic mass is 15.2. The van der Waals surface area contributed by atoms with Crippen LogP contribution < -0.4 is 10.6 Å². The molecular formula is C11H23N3. The van der Waals surface area contributed by atoms with Crippen molar-refractivity contribution in [3.05, 3.63) is 0 Å². The lowest BCUT2D eigenvalue weighted by Gasteiger charge is -2.39. The van der Waals surface area contributed by atoms with Crippen molar-refractivity contribution in [2.45, 2.75) is 37.8 Å². The first-order chi connectivity index (χ1) is 6.90. The van der Waals surface area contributed by atoms with Crippen molar-refractivity contribution < 1.29 is 0 Å². The minimum Gasteiger partial charge on any atom is -0.317 e. The Balaban J connectivity index is 1.83. The number of piperazine rings is 1. The molecule has 1 aliphatic carbocycles. The molecule has 3 nitrogen and oxygen atoms in total. The van der Waals surface area contributed by atoms with Crippen molar-refractivity contribution in [2.75, 3.05) is 33.2 Å². The highest BCUT2D eigenvalue weighted by Crippen LogP contribution is 2.23. The van der Waals surface area contributed by atoms with E-state index >= 15 is 0 Å². The number of nitrogens with one attached hydrogen (secondary N) is 2. The van der Waals surface area contributed by atoms with Crippen molar-refractivity contribution in [3.63, 3.8) is 0 Å². The fraction of sp³-hybridized carbons (Fsp3) is 1.00. The van der Waals surface area contributed by atoms with Gasteiger partial charge in [-0.3, -0.25) is 4.90 Å². The van der Waals surface area contributed by atoms with Crippen molar-refractivity contribution >= 4 is 0 Å². The van der Waals surface area contributed by atoms with Gasteiger partial charge in [0.1, 0.15) is 0 Å². The lowest BCUT2D eigenvalue weighted by Crippen LogP contribution is -2.51. The molecule has 2 N–H and O–H groups in total. The Morgan fingerprint density at radius 1 is 1.21 bits per heavy atom. The monoisotopic (exact) mass is 197 g/mol. The molecule has 2 fully saturated rings. The Bertz CT molecular complexity index is 166. The lowest BCUT2D eigenvalue weighted by molar-refractivity contribution is 0.126. The SMILES string of the molecule is CN[C@@H]1CCCC(N2CCNCC2)C1. The van der Waals surface area contributed by atoms with Gasteiger partial charge in [-0.1, -0.05) is 6.42 Å². The fourth-order valence-electron chi connectivity index (χ4n) is 2.81. The third kappa shape index (κ3) is 2.47. The summed E-state index contributed by atoms with van der Waals surface area (Å²) in [5.41, 5.74) is 0. The van der Waals surface area contributed by atoms with E-state index in [-0.39, 0.29) is 0 Å². The van der Waals surface area contributed by atoms with Gasteiger partial charge >= 0.3 is 0 Å². The van der Waals surface area contributed by atoms with Gasteiger partial charge in [-0.15, -0.1) is 0 Å². The van der Waals surface area contributed by atoms with E-state index < -0.39 is 0 Å². The van der Waals surface area contributed by atoms with Crippen LogP contribution in [-0.2, 0) is 0 Å². The van der Waals surface area contributed by atoms with Crippen LogP contribution in [0.3, 0.4) is 0 Å². The predicted molar refractivity (Wildman–Crippen MR) is 59.5 cm³/mol. The van der Waals surface area contributed by atoms with E-state index in [1.54, 1.807) is 0 Å². The number of nitrogens with zero attached hydrogens (tertiary/aromatic N) is 1. The van der Waals surface area contributed by atoms with E-state index in [4.69, 9.17) is 0 Å². The smallest absolute Gasteiger partial charge is 0.0111 e. The molecule has 1 unspecified atom stereocenters. The first-order valence-electron chi connectivity index (χ1n) is 6.02. The lowest BCUT2D eigenvalue weighted by atomic mass is 9.90. The molecule has 82 valence electrons. The van der Waals surface area contributed by atoms with Crippen LogP contribution in [0, 0.1) is 0 Å². The maximum absolute atomic E-state index is 3.43. The zero-order chi connectivity index (χ0) is 9.80. The van der Waals surface area contributed by atoms with Gasteiger partial charge in [-0.2, -0.15) is 0 Å². The zero-order valence-corrected chi connectivity index (χ0v) is 9.26. The minimum atomic E-state index is 0.767. The highest BCUT2D eigenvalue weighted by molar-refractivity contribution is 4.85. The molecule has 2 atom stereocenters. The first-order valence-corrected chi connectivity index (χ1v) is 6.02. The Kier molecular flexibility index (Phi) is 3.79. The molecule has 0 aromatic carbocycles. The van der Waals surface area contributed by atoms with Gasteiger partial charge in [0.25, 0.3) is 0 Å². The standard InChI is InChI=1S/C11H23N3/c1-12-10-3-2-4-11(9-10)14-7-5-13-6-8-14/h10-13H,2-9H2,1H3/t10-,11?/m1/s1. The molecule has 0 bridgehead atoms. The van der Waals surface area contributed by atoms with Crippen LogP contribution in [0.1, 0.15) is 25.7 Å². The summed E-state index contributed by atoms with van der Waals surface area (Å²) in [5, 5.41) is 6.85. The second-order valence-electron chi connectivity index (χ2n) is 4.59. The highest BCUT2D eigenvalue weighted by Gasteiger charge is 2.26. The molecule has 0 aromatic rings. The molecule has 2 rings (SSSR count). The van der Waals surface area contributed by atoms with Crippen LogP contribution in [0.2, 0.25) is 0 Å². The normalized spacial score (nSPS) is 35.8. The van der Waals surface area contributed by atoms with Crippen LogP contribution >= 0.6 is 0 Å². The molecule has 3 heteroatoms. The van der Waals surface area contributed by atoms with Crippen LogP contribution in [0.4, 0.5) is 0 Å². The second kappa shape index (κ2) is 5.10. The predicted octanol–water partition coefficient (Wildman–Crippen LogP) is 0.422. The van der Waals surface area contributed by atoms with Gasteiger partial charge in [0.2, 0.25) is 0 Å². The van der Waals surface area contributed by atoms with E-state index in [1.807, 2.05) is 0 Å². The molecule has 1 saturated carbocycles. The molecule has 14 heavy (non-hydrogen) atoms. The maximum Gasteiger partial charge on any atom is 0.0111 e. The zero-order valence-electron chi connectivity index (χ0n) is 9.26. The van der Waals surface area contributed by atoms with Gasteiger partial charge in [0.05, 0.1) is 0 Å². The van der Waals surface area contributed by atoms with Gasteiger partial charge < -0.3 is 10.6 Å². The summed E-state index contributed by atoms with van der Waals surface area (Å²) >= 11 is 0. The third-order valence-corrected chi connectivity index (χ3v) is 3.72. The third-order valence-electron chi connectivity index (χ3n) is 3.72. The quantitative estimate of drug-likeness (QED) is 0.672. The largest absolute Gasteiger partial charge is 0.317 e. The average molecular weight is 197 g/mol. The van der Waals surface area contributed by atoms with E-state index in [9.17, 15) is 0 Å². The molecule has 1 saturated heterocycles. The average Bonchev–Trinajstić information content (AvgIpc) is 2.30. The molecule has 2 aliphatic rings. The Hall–Kier alpha value is -0.120. The summed E-state index contributed by atoms with van der Waals surface area (Å²) in [5.74, 6) is 0. The molecule has 0 spiro atoms. The van der Waals surface area contributed by atoms with E-state index in [0.717, 1.165) is 12.1 Å². The van der Waals surface area contributed by atoms with Crippen LogP contribution in [-0.4, -0.2) is 50.2 Å². The Morgan fingerprint density at radius 2 is 2.00 bits per heavy atom.